The van der Waals surface area contributed by atoms with Crippen molar-refractivity contribution in [3.8, 4) is 6.07 Å². The molecule has 0 bridgehead atoms. The van der Waals surface area contributed by atoms with E-state index in [9.17, 15) is 4.79 Å². The first-order valence-electron chi connectivity index (χ1n) is 9.41. The Morgan fingerprint density at radius 1 is 1.34 bits per heavy atom. The van der Waals surface area contributed by atoms with E-state index in [0.717, 1.165) is 39.2 Å². The van der Waals surface area contributed by atoms with Crippen molar-refractivity contribution in [2.24, 2.45) is 5.92 Å². The Labute approximate surface area is 166 Å². The number of pyridine rings is 1. The number of likely N-dealkylation sites (tertiary alicyclic amines) is 1. The maximum Gasteiger partial charge on any atom is 0.255 e. The van der Waals surface area contributed by atoms with Crippen molar-refractivity contribution in [2.45, 2.75) is 13.8 Å². The second-order valence-corrected chi connectivity index (χ2v) is 7.48. The minimum atomic E-state index is -0.0638. The molecule has 0 unspecified atom stereocenters. The molecule has 0 spiro atoms. The van der Waals surface area contributed by atoms with E-state index in [1.54, 1.807) is 28.0 Å². The van der Waals surface area contributed by atoms with Gasteiger partial charge in [0.2, 0.25) is 0 Å². The topological polar surface area (TPSA) is 102 Å². The van der Waals surface area contributed by atoms with Crippen molar-refractivity contribution >= 4 is 33.8 Å². The highest BCUT2D eigenvalue weighted by atomic mass is 16.2. The van der Waals surface area contributed by atoms with E-state index in [1.165, 1.54) is 0 Å². The smallest absolute Gasteiger partial charge is 0.255 e. The van der Waals surface area contributed by atoms with E-state index in [4.69, 9.17) is 5.26 Å². The molecule has 0 saturated carbocycles. The molecule has 1 fully saturated rings. The Hall–Kier alpha value is -3.86. The number of aromatic amines is 1. The Morgan fingerprint density at radius 3 is 2.97 bits per heavy atom. The molecule has 1 amide bonds. The van der Waals surface area contributed by atoms with Crippen LogP contribution in [-0.4, -0.2) is 43.5 Å². The molecule has 8 nitrogen and oxygen atoms in total. The van der Waals surface area contributed by atoms with E-state index < -0.39 is 0 Å². The number of nitrogens with one attached hydrogen (secondary N) is 2. The molecule has 29 heavy (non-hydrogen) atoms. The number of fused-ring (bicyclic) bond motifs is 2. The first kappa shape index (κ1) is 17.3. The van der Waals surface area contributed by atoms with Crippen LogP contribution in [0, 0.1) is 31.1 Å². The highest BCUT2D eigenvalue weighted by Crippen LogP contribution is 2.29. The number of amides is 1. The first-order valence-corrected chi connectivity index (χ1v) is 9.41. The number of hydrogen-bond donors (Lipinski definition) is 2. The number of hydrogen-bond acceptors (Lipinski definition) is 5. The molecule has 5 rings (SSSR count). The third kappa shape index (κ3) is 2.79. The van der Waals surface area contributed by atoms with Gasteiger partial charge in [0.05, 0.1) is 40.6 Å². The third-order valence-electron chi connectivity index (χ3n) is 5.39. The summed E-state index contributed by atoms with van der Waals surface area (Å²) in [5.41, 5.74) is 5.94. The number of nitrogens with zero attached hydrogens (tertiary/aromatic N) is 5. The normalized spacial score (nSPS) is 14.2. The molecular weight excluding hydrogens is 366 g/mol. The van der Waals surface area contributed by atoms with Crippen LogP contribution < -0.4 is 5.32 Å². The molecule has 0 aliphatic carbocycles. The summed E-state index contributed by atoms with van der Waals surface area (Å²) < 4.78 is 1.72. The van der Waals surface area contributed by atoms with Gasteiger partial charge in [-0.2, -0.15) is 10.4 Å². The van der Waals surface area contributed by atoms with E-state index in [1.807, 2.05) is 26.0 Å². The average Bonchev–Trinajstić information content (AvgIpc) is 3.20. The Balaban J connectivity index is 1.50. The number of nitriles is 1. The van der Waals surface area contributed by atoms with E-state index >= 15 is 0 Å². The van der Waals surface area contributed by atoms with E-state index in [-0.39, 0.29) is 11.8 Å². The summed E-state index contributed by atoms with van der Waals surface area (Å²) in [4.78, 5) is 22.2. The predicted octanol–water partition coefficient (Wildman–Crippen LogP) is 3.17. The van der Waals surface area contributed by atoms with Gasteiger partial charge in [-0.25, -0.2) is 9.50 Å². The Morgan fingerprint density at radius 2 is 2.17 bits per heavy atom. The van der Waals surface area contributed by atoms with Crippen molar-refractivity contribution in [2.75, 3.05) is 18.4 Å². The van der Waals surface area contributed by atoms with Crippen molar-refractivity contribution in [1.29, 1.82) is 5.26 Å². The summed E-state index contributed by atoms with van der Waals surface area (Å²) in [6, 6.07) is 8.18. The van der Waals surface area contributed by atoms with Gasteiger partial charge in [-0.15, -0.1) is 0 Å². The summed E-state index contributed by atoms with van der Waals surface area (Å²) in [7, 11) is 0. The lowest BCUT2D eigenvalue weighted by Crippen LogP contribution is -2.49. The predicted molar refractivity (Wildman–Crippen MR) is 109 cm³/mol. The maximum absolute atomic E-state index is 12.8. The van der Waals surface area contributed by atoms with Gasteiger partial charge in [0.25, 0.3) is 5.91 Å². The number of anilines is 2. The summed E-state index contributed by atoms with van der Waals surface area (Å²) >= 11 is 0. The van der Waals surface area contributed by atoms with Crippen LogP contribution in [0.3, 0.4) is 0 Å². The number of carbonyl (C=O) groups excluding carboxylic acids is 1. The zero-order valence-corrected chi connectivity index (χ0v) is 16.1. The molecule has 0 atom stereocenters. The molecule has 144 valence electrons. The minimum Gasteiger partial charge on any atom is -0.352 e. The molecule has 4 aromatic heterocycles. The number of H-pyrrole nitrogens is 1. The largest absolute Gasteiger partial charge is 0.352 e. The summed E-state index contributed by atoms with van der Waals surface area (Å²) in [5, 5.41) is 17.8. The molecule has 8 heteroatoms. The Bertz CT molecular complexity index is 1300. The van der Waals surface area contributed by atoms with Gasteiger partial charge >= 0.3 is 0 Å². The zero-order chi connectivity index (χ0) is 20.1. The van der Waals surface area contributed by atoms with Crippen LogP contribution in [0.25, 0.3) is 16.6 Å². The highest BCUT2D eigenvalue weighted by molar-refractivity contribution is 6.00. The molecule has 5 heterocycles. The molecule has 1 aliphatic heterocycles. The van der Waals surface area contributed by atoms with Crippen LogP contribution in [0.1, 0.15) is 21.6 Å². The van der Waals surface area contributed by atoms with Gasteiger partial charge in [-0.1, -0.05) is 0 Å². The maximum atomic E-state index is 12.8. The molecule has 0 aromatic carbocycles. The monoisotopic (exact) mass is 385 g/mol. The van der Waals surface area contributed by atoms with Crippen LogP contribution in [0.15, 0.2) is 36.8 Å². The quantitative estimate of drug-likeness (QED) is 0.564. The number of rotatable bonds is 3. The SMILES string of the molecule is Cc1cc2cc(Nc3ccnn4cc(C(=O)N5CC(C#N)C5)c(C)c34)cnc2[nH]1. The van der Waals surface area contributed by atoms with Crippen molar-refractivity contribution in [1.82, 2.24) is 24.5 Å². The fraction of sp³-hybridized carbons (Fsp3) is 0.238. The zero-order valence-electron chi connectivity index (χ0n) is 16.1. The van der Waals surface area contributed by atoms with Crippen LogP contribution in [0.5, 0.6) is 0 Å². The van der Waals surface area contributed by atoms with E-state index in [0.29, 0.717) is 18.7 Å². The van der Waals surface area contributed by atoms with Gasteiger partial charge in [-0.05, 0) is 37.6 Å². The van der Waals surface area contributed by atoms with Crippen LogP contribution in [0.2, 0.25) is 0 Å². The molecule has 0 radical (unpaired) electrons. The lowest BCUT2D eigenvalue weighted by atomic mass is 10.0. The summed E-state index contributed by atoms with van der Waals surface area (Å²) in [5.74, 6) is -0.123. The second kappa shape index (κ2) is 6.34. The van der Waals surface area contributed by atoms with Gasteiger partial charge in [0.1, 0.15) is 5.65 Å². The molecule has 1 aliphatic rings. The standard InChI is InChI=1S/C21H19N7O/c1-12-5-15-6-16(8-23-20(15)25-12)26-18-3-4-24-28-11-17(13(2)19(18)28)21(29)27-9-14(7-22)10-27/h3-6,8,11,14,26H,9-10H2,1-2H3,(H,23,25). The summed E-state index contributed by atoms with van der Waals surface area (Å²) in [6.45, 7) is 4.90. The van der Waals surface area contributed by atoms with Gasteiger partial charge in [0.15, 0.2) is 0 Å². The van der Waals surface area contributed by atoms with Gasteiger partial charge in [0, 0.05) is 36.6 Å². The summed E-state index contributed by atoms with van der Waals surface area (Å²) in [6.07, 6.45) is 5.24. The third-order valence-corrected chi connectivity index (χ3v) is 5.39. The molecule has 4 aromatic rings. The molecule has 1 saturated heterocycles. The van der Waals surface area contributed by atoms with Gasteiger partial charge in [-0.3, -0.25) is 4.79 Å². The molecular formula is C21H19N7O. The second-order valence-electron chi connectivity index (χ2n) is 7.48. The lowest BCUT2D eigenvalue weighted by molar-refractivity contribution is 0.0576. The lowest BCUT2D eigenvalue weighted by Gasteiger charge is -2.35. The fourth-order valence-corrected chi connectivity index (χ4v) is 3.85. The van der Waals surface area contributed by atoms with Crippen LogP contribution >= 0.6 is 0 Å². The van der Waals surface area contributed by atoms with E-state index in [2.05, 4.69) is 32.5 Å². The van der Waals surface area contributed by atoms with Crippen LogP contribution in [-0.2, 0) is 0 Å². The minimum absolute atomic E-state index is 0.0589. The number of aryl methyl sites for hydroxylation is 2. The van der Waals surface area contributed by atoms with Gasteiger partial charge < -0.3 is 15.2 Å². The number of aromatic nitrogens is 4. The highest BCUT2D eigenvalue weighted by Gasteiger charge is 2.32. The number of carbonyl (C=O) groups is 1. The first-order chi connectivity index (χ1) is 14.0. The Kier molecular flexibility index (Phi) is 3.77. The fourth-order valence-electron chi connectivity index (χ4n) is 3.85. The average molecular weight is 385 g/mol. The van der Waals surface area contributed by atoms with Crippen molar-refractivity contribution in [3.05, 3.63) is 53.6 Å². The molecule has 2 N–H and O–H groups in total. The van der Waals surface area contributed by atoms with Crippen molar-refractivity contribution < 1.29 is 4.79 Å². The van der Waals surface area contributed by atoms with Crippen molar-refractivity contribution in [3.63, 3.8) is 0 Å². The van der Waals surface area contributed by atoms with Crippen LogP contribution in [0.4, 0.5) is 11.4 Å².